The van der Waals surface area contributed by atoms with E-state index in [1.165, 1.54) is 0 Å². The van der Waals surface area contributed by atoms with Gasteiger partial charge in [0.25, 0.3) is 0 Å². The predicted octanol–water partition coefficient (Wildman–Crippen LogP) is 14.8. The highest BCUT2D eigenvalue weighted by molar-refractivity contribution is 6.28. The van der Waals surface area contributed by atoms with Gasteiger partial charge >= 0.3 is 0 Å². The molecule has 0 aliphatic carbocycles. The van der Waals surface area contributed by atoms with Gasteiger partial charge in [-0.2, -0.15) is 0 Å². The number of hydrogen-bond acceptors (Lipinski definition) is 0. The minimum Gasteiger partial charge on any atom is -0.0616 e. The molecule has 0 fully saturated rings. The Kier molecular flexibility index (Phi) is 2.43. The zero-order valence-corrected chi connectivity index (χ0v) is 26.1. The summed E-state index contributed by atoms with van der Waals surface area (Å²) in [5.74, 6) is 0. The van der Waals surface area contributed by atoms with Gasteiger partial charge in [-0.05, 0) is 132 Å². The molecular formula is C52H30. The minimum atomic E-state index is -1.12. The molecule has 0 saturated heterocycles. The molecule has 0 bridgehead atoms. The van der Waals surface area contributed by atoms with E-state index in [0.717, 1.165) is 6.07 Å². The lowest BCUT2D eigenvalue weighted by Gasteiger charge is -2.18. The maximum absolute atomic E-state index is 10.2. The lowest BCUT2D eigenvalue weighted by molar-refractivity contribution is 1.65. The molecule has 0 spiro atoms. The third-order valence-corrected chi connectivity index (χ3v) is 9.38. The van der Waals surface area contributed by atoms with Crippen LogP contribution in [0.1, 0.15) is 39.8 Å². The van der Waals surface area contributed by atoms with Crippen LogP contribution in [0.4, 0.5) is 0 Å². The fourth-order valence-corrected chi connectivity index (χ4v) is 7.13. The van der Waals surface area contributed by atoms with E-state index >= 15 is 0 Å². The molecule has 12 rings (SSSR count). The van der Waals surface area contributed by atoms with E-state index in [-0.39, 0.29) is 32.3 Å². The molecule has 0 atom stereocenters. The molecule has 238 valence electrons. The van der Waals surface area contributed by atoms with Crippen molar-refractivity contribution < 1.29 is 39.8 Å². The average Bonchev–Trinajstić information content (AvgIpc) is 2.66. The van der Waals surface area contributed by atoms with Crippen LogP contribution < -0.4 is 0 Å². The molecule has 52 heavy (non-hydrogen) atoms. The highest BCUT2D eigenvalue weighted by Crippen LogP contribution is 2.46. The van der Waals surface area contributed by atoms with Gasteiger partial charge in [0.15, 0.2) is 0 Å². The van der Waals surface area contributed by atoms with Crippen molar-refractivity contribution in [1.29, 1.82) is 0 Å². The number of fused-ring (bicyclic) bond motifs is 2. The topological polar surface area (TPSA) is 0 Å². The van der Waals surface area contributed by atoms with Crippen molar-refractivity contribution in [3.63, 3.8) is 0 Å². The number of rotatable bonds is 3. The van der Waals surface area contributed by atoms with E-state index in [1.54, 1.807) is 0 Å². The van der Waals surface area contributed by atoms with Crippen LogP contribution in [0, 0.1) is 0 Å². The van der Waals surface area contributed by atoms with Gasteiger partial charge in [-0.25, -0.2) is 0 Å². The molecule has 0 saturated carbocycles. The largest absolute Gasteiger partial charge is 0.0636 e. The molecule has 0 N–H and O–H groups in total. The van der Waals surface area contributed by atoms with Gasteiger partial charge in [-0.1, -0.05) is 169 Å². The summed E-state index contributed by atoms with van der Waals surface area (Å²) in [6.07, 6.45) is 0. The summed E-state index contributed by atoms with van der Waals surface area (Å²) >= 11 is 0. The normalized spacial score (nSPS) is 20.0. The van der Waals surface area contributed by atoms with E-state index in [4.69, 9.17) is 17.8 Å². The highest BCUT2D eigenvalue weighted by Gasteiger charge is 2.18. The summed E-state index contributed by atoms with van der Waals surface area (Å²) in [6, 6.07) is -23.9. The van der Waals surface area contributed by atoms with E-state index in [2.05, 4.69) is 0 Å². The summed E-state index contributed by atoms with van der Waals surface area (Å²) in [6.45, 7) is 0. The van der Waals surface area contributed by atoms with Gasteiger partial charge in [-0.15, -0.1) is 0 Å². The first-order chi connectivity index (χ1) is 37.9. The molecule has 0 heteroatoms. The van der Waals surface area contributed by atoms with E-state index in [9.17, 15) is 21.9 Å². The minimum absolute atomic E-state index is 0.164. The molecular weight excluding hydrogens is 625 g/mol. The SMILES string of the molecule is [2H]c1cc2c([2H])c([2H])c3c(-c4c([2H])c(-c5c([2H])c([2H])c(-c6c([2H])c([2H])c7c([2H])c([2H])c8c([2H])c([2H])c([2H])c9c([2H])c([2H])c6c7c89)c6c([2H])c([2H])c([2H])c([2H])c56)c([2H])c5c([2H])c([2H])c([2H])c([2H])c45)c([2H])c([2H])c4c([2H])c([2H])c(c1[2H])c2c43. The fourth-order valence-electron chi connectivity index (χ4n) is 7.13. The maximum atomic E-state index is 10.2. The first kappa shape index (κ1) is 12.2. The summed E-state index contributed by atoms with van der Waals surface area (Å²) in [7, 11) is 0. The molecule has 0 aromatic heterocycles. The van der Waals surface area contributed by atoms with Crippen LogP contribution in [0.5, 0.6) is 0 Å². The second-order valence-corrected chi connectivity index (χ2v) is 12.1. The molecule has 0 heterocycles. The summed E-state index contributed by atoms with van der Waals surface area (Å²) in [5, 5.41) is -7.45. The molecule has 0 radical (unpaired) electrons. The second kappa shape index (κ2) is 10.4. The van der Waals surface area contributed by atoms with Crippen molar-refractivity contribution in [1.82, 2.24) is 0 Å². The maximum Gasteiger partial charge on any atom is 0.0636 e. The molecule has 0 aliphatic rings. The molecule has 12 aromatic rings. The van der Waals surface area contributed by atoms with Crippen LogP contribution in [0.25, 0.3) is 120 Å². The third kappa shape index (κ3) is 3.81. The van der Waals surface area contributed by atoms with Crippen molar-refractivity contribution in [3.05, 3.63) is 181 Å². The van der Waals surface area contributed by atoms with Crippen molar-refractivity contribution in [2.45, 2.75) is 0 Å². The van der Waals surface area contributed by atoms with Crippen LogP contribution in [0.15, 0.2) is 181 Å². The Morgan fingerprint density at radius 3 is 1.40 bits per heavy atom. The molecule has 0 amide bonds. The quantitative estimate of drug-likeness (QED) is 0.163. The first-order valence-electron chi connectivity index (χ1n) is 30.3. The van der Waals surface area contributed by atoms with Gasteiger partial charge in [0, 0.05) is 0 Å². The Bertz CT molecular complexity index is 5060. The third-order valence-electron chi connectivity index (χ3n) is 9.38. The first-order valence-corrected chi connectivity index (χ1v) is 15.8. The predicted molar refractivity (Wildman–Crippen MR) is 225 cm³/mol. The van der Waals surface area contributed by atoms with Gasteiger partial charge < -0.3 is 0 Å². The summed E-state index contributed by atoms with van der Waals surface area (Å²) in [5.41, 5.74) is -4.67. The number of benzene rings is 12. The Morgan fingerprint density at radius 1 is 0.250 bits per heavy atom. The summed E-state index contributed by atoms with van der Waals surface area (Å²) < 4.78 is 268. The van der Waals surface area contributed by atoms with Crippen molar-refractivity contribution >= 4 is 86.2 Å². The molecule has 12 aromatic carbocycles. The van der Waals surface area contributed by atoms with Crippen LogP contribution in [-0.4, -0.2) is 0 Å². The van der Waals surface area contributed by atoms with Crippen LogP contribution in [-0.2, 0) is 0 Å². The van der Waals surface area contributed by atoms with Crippen LogP contribution in [0.2, 0.25) is 0 Å². The zero-order valence-electron chi connectivity index (χ0n) is 55.1. The fraction of sp³-hybridized carbons (Fsp3) is 0. The Morgan fingerprint density at radius 2 is 0.692 bits per heavy atom. The van der Waals surface area contributed by atoms with Gasteiger partial charge in [-0.3, -0.25) is 0 Å². The van der Waals surface area contributed by atoms with E-state index in [1.807, 2.05) is 0 Å². The second-order valence-electron chi connectivity index (χ2n) is 12.1. The lowest BCUT2D eigenvalue weighted by Crippen LogP contribution is -1.91. The zero-order chi connectivity index (χ0) is 59.2. The van der Waals surface area contributed by atoms with Gasteiger partial charge in [0.05, 0.1) is 39.8 Å². The lowest BCUT2D eigenvalue weighted by atomic mass is 9.85. The van der Waals surface area contributed by atoms with Crippen molar-refractivity contribution in [2.75, 3.05) is 0 Å². The van der Waals surface area contributed by atoms with Crippen molar-refractivity contribution in [3.8, 4) is 33.4 Å². The van der Waals surface area contributed by atoms with Crippen LogP contribution >= 0.6 is 0 Å². The Hall–Kier alpha value is -6.76. The molecule has 0 nitrogen and oxygen atoms in total. The molecule has 0 unspecified atom stereocenters. The average molecular weight is 684 g/mol. The Balaban J connectivity index is 1.34. The van der Waals surface area contributed by atoms with Gasteiger partial charge in [0.1, 0.15) is 0 Å². The molecule has 0 aliphatic heterocycles. The summed E-state index contributed by atoms with van der Waals surface area (Å²) in [4.78, 5) is 0. The monoisotopic (exact) mass is 683 g/mol. The Labute approximate surface area is 341 Å². The van der Waals surface area contributed by atoms with Crippen molar-refractivity contribution in [2.24, 2.45) is 0 Å². The van der Waals surface area contributed by atoms with E-state index < -0.39 is 262 Å². The number of hydrogen-bond donors (Lipinski definition) is 0. The highest BCUT2D eigenvalue weighted by atomic mass is 14.2. The van der Waals surface area contributed by atoms with E-state index in [0.29, 0.717) is 0 Å². The standard InChI is InChI=1S/C52H30/c1-2-12-39-37(7-1)29-38(30-48(39)45-24-20-36-18-16-32-9-6-11-34-22-26-47(45)52(36)50(32)34)40-27-28-43(42-14-4-3-13-41(40)42)44-23-19-35-17-15-31-8-5-10-33-21-25-46(44)51(35)49(31)33/h1-30H/i1D,2D,3D,4D,5D,6D,7D,8D,9D,10D,12D,13D,14D,15D,16D,17D,18D,19D,20D,21D,22D,23D,24D,25D,26D,27D,28D,29D,30D. The van der Waals surface area contributed by atoms with Gasteiger partial charge in [0.2, 0.25) is 0 Å². The van der Waals surface area contributed by atoms with Crippen LogP contribution in [0.3, 0.4) is 0 Å². The smallest absolute Gasteiger partial charge is 0.0616 e.